The third-order valence-corrected chi connectivity index (χ3v) is 1.77. The lowest BCUT2D eigenvalue weighted by Gasteiger charge is -1.96. The summed E-state index contributed by atoms with van der Waals surface area (Å²) in [4.78, 5) is 15.3. The highest BCUT2D eigenvalue weighted by molar-refractivity contribution is 5.82. The van der Waals surface area contributed by atoms with Crippen LogP contribution in [0.15, 0.2) is 23.3 Å². The lowest BCUT2D eigenvalue weighted by atomic mass is 10.2. The maximum atomic E-state index is 11.2. The van der Waals surface area contributed by atoms with Crippen molar-refractivity contribution in [3.63, 3.8) is 0 Å². The number of rotatable bonds is 0. The summed E-state index contributed by atoms with van der Waals surface area (Å²) >= 11 is 0. The summed E-state index contributed by atoms with van der Waals surface area (Å²) in [5.74, 6) is 0. The highest BCUT2D eigenvalue weighted by Gasteiger charge is 2.00. The minimum Gasteiger partial charge on any atom is -0.267 e. The molecule has 0 spiro atoms. The number of aryl methyl sites for hydroxylation is 1. The van der Waals surface area contributed by atoms with Gasteiger partial charge in [0.2, 0.25) is 0 Å². The molecular formula is C8H7N3O. The van der Waals surface area contributed by atoms with Crippen LogP contribution in [0.4, 0.5) is 0 Å². The van der Waals surface area contributed by atoms with Gasteiger partial charge in [-0.1, -0.05) is 0 Å². The predicted octanol–water partition coefficient (Wildman–Crippen LogP) is 0.627. The fraction of sp³-hybridized carbons (Fsp3) is 0.125. The molecule has 0 atom stereocenters. The Hall–Kier alpha value is -1.71. The molecule has 4 heteroatoms. The summed E-state index contributed by atoms with van der Waals surface area (Å²) in [7, 11) is 0. The van der Waals surface area contributed by atoms with Gasteiger partial charge in [-0.3, -0.25) is 9.78 Å². The number of hydrogen-bond donors (Lipinski definition) is 1. The Morgan fingerprint density at radius 2 is 2.33 bits per heavy atom. The molecule has 2 heterocycles. The topological polar surface area (TPSA) is 58.6 Å². The number of fused-ring (bicyclic) bond motifs is 1. The Morgan fingerprint density at radius 1 is 1.50 bits per heavy atom. The van der Waals surface area contributed by atoms with Crippen molar-refractivity contribution in [1.82, 2.24) is 15.2 Å². The van der Waals surface area contributed by atoms with Crippen LogP contribution in [0.2, 0.25) is 0 Å². The number of nitrogens with one attached hydrogen (secondary N) is 1. The molecule has 0 amide bonds. The van der Waals surface area contributed by atoms with Gasteiger partial charge < -0.3 is 0 Å². The van der Waals surface area contributed by atoms with Crippen molar-refractivity contribution in [3.05, 3.63) is 34.5 Å². The Balaban J connectivity index is 3.07. The molecule has 60 valence electrons. The maximum absolute atomic E-state index is 11.2. The lowest BCUT2D eigenvalue weighted by Crippen LogP contribution is -2.09. The molecule has 0 aliphatic rings. The Morgan fingerprint density at radius 3 is 3.08 bits per heavy atom. The molecule has 0 aromatic carbocycles. The molecule has 0 fully saturated rings. The van der Waals surface area contributed by atoms with Crippen molar-refractivity contribution in [2.45, 2.75) is 6.92 Å². The SMILES string of the molecule is Cc1nccc2cn[nH]c(=O)c12. The van der Waals surface area contributed by atoms with E-state index in [1.54, 1.807) is 25.4 Å². The molecule has 2 rings (SSSR count). The molecule has 0 aliphatic heterocycles. The van der Waals surface area contributed by atoms with E-state index >= 15 is 0 Å². The molecule has 2 aromatic rings. The van der Waals surface area contributed by atoms with Crippen molar-refractivity contribution in [2.75, 3.05) is 0 Å². The number of hydrogen-bond acceptors (Lipinski definition) is 3. The van der Waals surface area contributed by atoms with Gasteiger partial charge in [0, 0.05) is 11.6 Å². The van der Waals surface area contributed by atoms with E-state index in [1.807, 2.05) is 0 Å². The van der Waals surface area contributed by atoms with Gasteiger partial charge in [-0.2, -0.15) is 5.10 Å². The van der Waals surface area contributed by atoms with Crippen LogP contribution < -0.4 is 5.56 Å². The van der Waals surface area contributed by atoms with E-state index in [2.05, 4.69) is 15.2 Å². The quantitative estimate of drug-likeness (QED) is 0.616. The van der Waals surface area contributed by atoms with Gasteiger partial charge in [-0.15, -0.1) is 0 Å². The molecular weight excluding hydrogens is 154 g/mol. The first kappa shape index (κ1) is 6.97. The van der Waals surface area contributed by atoms with Crippen LogP contribution in [0.3, 0.4) is 0 Å². The first-order chi connectivity index (χ1) is 5.79. The Bertz CT molecular complexity index is 470. The minimum absolute atomic E-state index is 0.182. The van der Waals surface area contributed by atoms with E-state index in [4.69, 9.17) is 0 Å². The fourth-order valence-corrected chi connectivity index (χ4v) is 1.21. The van der Waals surface area contributed by atoms with Gasteiger partial charge in [-0.25, -0.2) is 5.10 Å². The zero-order valence-electron chi connectivity index (χ0n) is 6.53. The number of H-pyrrole nitrogens is 1. The van der Waals surface area contributed by atoms with E-state index in [9.17, 15) is 4.79 Å². The van der Waals surface area contributed by atoms with Crippen LogP contribution in [0, 0.1) is 6.92 Å². The molecule has 0 saturated heterocycles. The summed E-state index contributed by atoms with van der Waals surface area (Å²) < 4.78 is 0. The smallest absolute Gasteiger partial charge is 0.267 e. The maximum Gasteiger partial charge on any atom is 0.273 e. The van der Waals surface area contributed by atoms with Crippen molar-refractivity contribution in [1.29, 1.82) is 0 Å². The summed E-state index contributed by atoms with van der Waals surface area (Å²) in [5.41, 5.74) is 0.550. The third kappa shape index (κ3) is 0.887. The van der Waals surface area contributed by atoms with Gasteiger partial charge in [-0.05, 0) is 13.0 Å². The lowest BCUT2D eigenvalue weighted by molar-refractivity contribution is 1.00. The molecule has 4 nitrogen and oxygen atoms in total. The Kier molecular flexibility index (Phi) is 1.40. The van der Waals surface area contributed by atoms with E-state index in [-0.39, 0.29) is 5.56 Å². The zero-order chi connectivity index (χ0) is 8.55. The van der Waals surface area contributed by atoms with Crippen LogP contribution in [-0.2, 0) is 0 Å². The standard InChI is InChI=1S/C8H7N3O/c1-5-7-6(2-3-9-5)4-10-11-8(7)12/h2-4H,1H3,(H,11,12). The van der Waals surface area contributed by atoms with Gasteiger partial charge in [0.1, 0.15) is 0 Å². The first-order valence-electron chi connectivity index (χ1n) is 3.58. The summed E-state index contributed by atoms with van der Waals surface area (Å²) in [6.07, 6.45) is 3.28. The second-order valence-electron chi connectivity index (χ2n) is 2.56. The first-order valence-corrected chi connectivity index (χ1v) is 3.58. The second-order valence-corrected chi connectivity index (χ2v) is 2.56. The Labute approximate surface area is 68.3 Å². The van der Waals surface area contributed by atoms with E-state index in [1.165, 1.54) is 0 Å². The van der Waals surface area contributed by atoms with Crippen molar-refractivity contribution in [2.24, 2.45) is 0 Å². The summed E-state index contributed by atoms with van der Waals surface area (Å²) in [5, 5.41) is 7.50. The molecule has 1 N–H and O–H groups in total. The molecule has 0 aliphatic carbocycles. The minimum atomic E-state index is -0.182. The number of aromatic amines is 1. The second kappa shape index (κ2) is 2.41. The molecule has 2 aromatic heterocycles. The van der Waals surface area contributed by atoms with E-state index in [0.717, 1.165) is 11.1 Å². The van der Waals surface area contributed by atoms with E-state index < -0.39 is 0 Å². The third-order valence-electron chi connectivity index (χ3n) is 1.77. The van der Waals surface area contributed by atoms with Gasteiger partial charge in [0.05, 0.1) is 17.3 Å². The number of pyridine rings is 1. The number of nitrogens with zero attached hydrogens (tertiary/aromatic N) is 2. The predicted molar refractivity (Wildman–Crippen MR) is 44.9 cm³/mol. The molecule has 12 heavy (non-hydrogen) atoms. The van der Waals surface area contributed by atoms with Gasteiger partial charge in [0.25, 0.3) is 5.56 Å². The average molecular weight is 161 g/mol. The summed E-state index contributed by atoms with van der Waals surface area (Å²) in [6, 6.07) is 1.77. The fourth-order valence-electron chi connectivity index (χ4n) is 1.21. The number of aromatic nitrogens is 3. The van der Waals surface area contributed by atoms with Crippen LogP contribution >= 0.6 is 0 Å². The van der Waals surface area contributed by atoms with Crippen LogP contribution in [-0.4, -0.2) is 15.2 Å². The van der Waals surface area contributed by atoms with Gasteiger partial charge >= 0.3 is 0 Å². The van der Waals surface area contributed by atoms with Crippen LogP contribution in [0.1, 0.15) is 5.69 Å². The average Bonchev–Trinajstić information content (AvgIpc) is 2.04. The highest BCUT2D eigenvalue weighted by Crippen LogP contribution is 2.08. The van der Waals surface area contributed by atoms with E-state index in [0.29, 0.717) is 5.39 Å². The largest absolute Gasteiger partial charge is 0.273 e. The summed E-state index contributed by atoms with van der Waals surface area (Å²) in [6.45, 7) is 1.80. The van der Waals surface area contributed by atoms with Crippen molar-refractivity contribution >= 4 is 10.8 Å². The van der Waals surface area contributed by atoms with Crippen molar-refractivity contribution in [3.8, 4) is 0 Å². The molecule has 0 bridgehead atoms. The monoisotopic (exact) mass is 161 g/mol. The normalized spacial score (nSPS) is 10.4. The molecule has 0 radical (unpaired) electrons. The molecule has 0 saturated carbocycles. The van der Waals surface area contributed by atoms with Crippen LogP contribution in [0.25, 0.3) is 10.8 Å². The molecule has 0 unspecified atom stereocenters. The van der Waals surface area contributed by atoms with Crippen molar-refractivity contribution < 1.29 is 0 Å². The van der Waals surface area contributed by atoms with Crippen LogP contribution in [0.5, 0.6) is 0 Å². The zero-order valence-corrected chi connectivity index (χ0v) is 6.53. The van der Waals surface area contributed by atoms with Gasteiger partial charge in [0.15, 0.2) is 0 Å². The highest BCUT2D eigenvalue weighted by atomic mass is 16.1.